The lowest BCUT2D eigenvalue weighted by Crippen LogP contribution is -2.32. The number of para-hydroxylation sites is 2. The van der Waals surface area contributed by atoms with Crippen LogP contribution in [0.4, 0.5) is 0 Å². The molecule has 7 rings (SSSR count). The lowest BCUT2D eigenvalue weighted by Gasteiger charge is -2.36. The first kappa shape index (κ1) is 26.3. The first-order valence-corrected chi connectivity index (χ1v) is 14.0. The number of nitrogens with zero attached hydrogens (tertiary/aromatic N) is 3. The molecule has 0 spiro atoms. The van der Waals surface area contributed by atoms with E-state index >= 15 is 0 Å². The van der Waals surface area contributed by atoms with Crippen molar-refractivity contribution in [3.63, 3.8) is 0 Å². The zero-order valence-corrected chi connectivity index (χ0v) is 22.8. The van der Waals surface area contributed by atoms with Crippen LogP contribution in [0, 0.1) is 0 Å². The van der Waals surface area contributed by atoms with Gasteiger partial charge in [-0.1, -0.05) is 72.8 Å². The van der Waals surface area contributed by atoms with Crippen molar-refractivity contribution >= 4 is 22.8 Å². The van der Waals surface area contributed by atoms with Gasteiger partial charge in [0, 0.05) is 12.0 Å². The fourth-order valence-corrected chi connectivity index (χ4v) is 5.75. The van der Waals surface area contributed by atoms with Crippen LogP contribution >= 0.6 is 0 Å². The number of aliphatic hydroxyl groups excluding tert-OH is 1. The number of aromatic nitrogens is 2. The molecule has 3 heterocycles. The normalized spacial score (nSPS) is 20.3. The highest BCUT2D eigenvalue weighted by molar-refractivity contribution is 6.21. The minimum atomic E-state index is -0.616. The highest BCUT2D eigenvalue weighted by atomic mass is 16.7. The van der Waals surface area contributed by atoms with E-state index in [0.717, 1.165) is 33.3 Å². The van der Waals surface area contributed by atoms with E-state index in [1.165, 1.54) is 4.90 Å². The van der Waals surface area contributed by atoms with Crippen LogP contribution in [0.1, 0.15) is 61.8 Å². The second-order valence-corrected chi connectivity index (χ2v) is 10.7. The van der Waals surface area contributed by atoms with Crippen LogP contribution in [0.2, 0.25) is 0 Å². The fraction of sp³-hybridized carbons (Fsp3) is 0.206. The maximum Gasteiger partial charge on any atom is 0.261 e. The molecule has 0 aliphatic carbocycles. The summed E-state index contributed by atoms with van der Waals surface area (Å²) in [7, 11) is 0. The molecule has 1 saturated heterocycles. The number of fused-ring (bicyclic) bond motifs is 2. The van der Waals surface area contributed by atoms with Gasteiger partial charge in [0.1, 0.15) is 0 Å². The van der Waals surface area contributed by atoms with Gasteiger partial charge in [-0.3, -0.25) is 14.5 Å². The molecule has 210 valence electrons. The lowest BCUT2D eigenvalue weighted by molar-refractivity contribution is -0.252. The molecule has 3 unspecified atom stereocenters. The smallest absolute Gasteiger partial charge is 0.261 e. The van der Waals surface area contributed by atoms with Gasteiger partial charge in [0.05, 0.1) is 60.4 Å². The monoisotopic (exact) mass is 559 g/mol. The van der Waals surface area contributed by atoms with Gasteiger partial charge in [-0.2, -0.15) is 0 Å². The van der Waals surface area contributed by atoms with E-state index in [9.17, 15) is 14.7 Å². The maximum atomic E-state index is 12.8. The molecule has 1 aromatic heterocycles. The summed E-state index contributed by atoms with van der Waals surface area (Å²) in [4.78, 5) is 31.5. The zero-order valence-electron chi connectivity index (χ0n) is 22.8. The first-order valence-electron chi connectivity index (χ1n) is 14.0. The molecule has 5 aromatic rings. The van der Waals surface area contributed by atoms with E-state index < -0.39 is 6.29 Å². The highest BCUT2D eigenvalue weighted by Crippen LogP contribution is 2.39. The molecule has 2 aliphatic rings. The van der Waals surface area contributed by atoms with Gasteiger partial charge < -0.3 is 19.1 Å². The molecule has 42 heavy (non-hydrogen) atoms. The Morgan fingerprint density at radius 1 is 0.762 bits per heavy atom. The summed E-state index contributed by atoms with van der Waals surface area (Å²) in [6, 6.07) is 30.4. The number of hydrogen-bond donors (Lipinski definition) is 1. The summed E-state index contributed by atoms with van der Waals surface area (Å²) >= 11 is 0. The molecule has 0 radical (unpaired) electrons. The molecule has 1 N–H and O–H groups in total. The van der Waals surface area contributed by atoms with Gasteiger partial charge in [0.2, 0.25) is 0 Å². The average Bonchev–Trinajstić information content (AvgIpc) is 3.55. The number of amides is 2. The Bertz CT molecular complexity index is 1730. The summed E-state index contributed by atoms with van der Waals surface area (Å²) in [5.74, 6) is -0.549. The molecule has 8 nitrogen and oxygen atoms in total. The summed E-state index contributed by atoms with van der Waals surface area (Å²) in [5, 5.41) is 9.49. The summed E-state index contributed by atoms with van der Waals surface area (Å²) in [5.41, 5.74) is 6.41. The molecule has 2 aliphatic heterocycles. The minimum absolute atomic E-state index is 0.0130. The molecule has 8 heteroatoms. The van der Waals surface area contributed by atoms with Crippen LogP contribution in [-0.2, 0) is 29.2 Å². The second kappa shape index (κ2) is 11.0. The van der Waals surface area contributed by atoms with Crippen LogP contribution in [0.15, 0.2) is 103 Å². The van der Waals surface area contributed by atoms with E-state index in [4.69, 9.17) is 9.47 Å². The number of carbonyl (C=O) groups excluding carboxylic acids is 2. The van der Waals surface area contributed by atoms with Crippen molar-refractivity contribution < 1.29 is 24.2 Å². The van der Waals surface area contributed by atoms with Crippen LogP contribution < -0.4 is 0 Å². The molecule has 1 fully saturated rings. The maximum absolute atomic E-state index is 12.8. The van der Waals surface area contributed by atoms with E-state index in [-0.39, 0.29) is 37.2 Å². The molecule has 0 saturated carbocycles. The van der Waals surface area contributed by atoms with Gasteiger partial charge in [-0.25, -0.2) is 4.98 Å². The average molecular weight is 560 g/mol. The Morgan fingerprint density at radius 3 is 2.12 bits per heavy atom. The van der Waals surface area contributed by atoms with Crippen molar-refractivity contribution in [1.29, 1.82) is 0 Å². The predicted molar refractivity (Wildman–Crippen MR) is 155 cm³/mol. The van der Waals surface area contributed by atoms with Crippen molar-refractivity contribution in [2.45, 2.75) is 44.6 Å². The van der Waals surface area contributed by atoms with Gasteiger partial charge in [0.15, 0.2) is 6.29 Å². The summed E-state index contributed by atoms with van der Waals surface area (Å²) in [6.07, 6.45) is 1.52. The van der Waals surface area contributed by atoms with Gasteiger partial charge in [-0.15, -0.1) is 0 Å². The Balaban J connectivity index is 1.12. The molecule has 4 aromatic carbocycles. The quantitative estimate of drug-likeness (QED) is 0.262. The van der Waals surface area contributed by atoms with Crippen molar-refractivity contribution in [1.82, 2.24) is 14.5 Å². The van der Waals surface area contributed by atoms with Crippen molar-refractivity contribution in [2.75, 3.05) is 0 Å². The fourth-order valence-electron chi connectivity index (χ4n) is 5.75. The summed E-state index contributed by atoms with van der Waals surface area (Å²) < 4.78 is 15.1. The van der Waals surface area contributed by atoms with Crippen LogP contribution in [0.5, 0.6) is 0 Å². The van der Waals surface area contributed by atoms with Crippen molar-refractivity contribution in [3.05, 3.63) is 137 Å². The summed E-state index contributed by atoms with van der Waals surface area (Å²) in [6.45, 7) is 0.791. The minimum Gasteiger partial charge on any atom is -0.392 e. The SMILES string of the molecule is O=C1c2ccccc2C(=O)N1Cc1ccc(C2OC(Cn3cnc4ccccc43)CC(c3ccc(CO)cc3)O2)cc1. The van der Waals surface area contributed by atoms with E-state index in [2.05, 4.69) is 15.6 Å². The van der Waals surface area contributed by atoms with E-state index in [1.54, 1.807) is 24.3 Å². The third-order valence-corrected chi connectivity index (χ3v) is 8.01. The zero-order chi connectivity index (χ0) is 28.6. The Morgan fingerprint density at radius 2 is 1.40 bits per heavy atom. The standard InChI is InChI=1S/C34H29N3O5/c38-20-23-11-13-24(14-12-23)31-17-26(19-36-21-35-29-7-3-4-8-30(29)36)41-34(42-31)25-15-9-22(10-16-25)18-37-32(39)27-5-1-2-6-28(27)33(37)40/h1-16,21,26,31,34,38H,17-20H2. The number of imidazole rings is 1. The number of carbonyl (C=O) groups is 2. The van der Waals surface area contributed by atoms with Crippen LogP contribution in [-0.4, -0.2) is 37.5 Å². The molecular weight excluding hydrogens is 530 g/mol. The van der Waals surface area contributed by atoms with Crippen LogP contribution in [0.3, 0.4) is 0 Å². The molecular formula is C34H29N3O5. The number of benzene rings is 4. The number of aliphatic hydroxyl groups is 1. The van der Waals surface area contributed by atoms with Gasteiger partial charge in [-0.05, 0) is 41.0 Å². The molecule has 0 bridgehead atoms. The second-order valence-electron chi connectivity index (χ2n) is 10.7. The predicted octanol–water partition coefficient (Wildman–Crippen LogP) is 5.57. The number of hydrogen-bond acceptors (Lipinski definition) is 6. The number of imide groups is 1. The van der Waals surface area contributed by atoms with Crippen molar-refractivity contribution in [2.24, 2.45) is 0 Å². The lowest BCUT2D eigenvalue weighted by atomic mass is 9.99. The van der Waals surface area contributed by atoms with E-state index in [1.807, 2.05) is 73.1 Å². The Hall–Kier alpha value is -4.63. The highest BCUT2D eigenvalue weighted by Gasteiger charge is 2.35. The third kappa shape index (κ3) is 4.90. The van der Waals surface area contributed by atoms with E-state index in [0.29, 0.717) is 24.1 Å². The third-order valence-electron chi connectivity index (χ3n) is 8.01. The van der Waals surface area contributed by atoms with Gasteiger partial charge >= 0.3 is 0 Å². The largest absolute Gasteiger partial charge is 0.392 e. The first-order chi connectivity index (χ1) is 20.6. The number of ether oxygens (including phenoxy) is 2. The molecule has 2 amide bonds. The topological polar surface area (TPSA) is 93.9 Å². The van der Waals surface area contributed by atoms with Crippen LogP contribution in [0.25, 0.3) is 11.0 Å². The van der Waals surface area contributed by atoms with Crippen molar-refractivity contribution in [3.8, 4) is 0 Å². The molecule has 3 atom stereocenters. The Labute approximate surface area is 242 Å². The van der Waals surface area contributed by atoms with Gasteiger partial charge in [0.25, 0.3) is 11.8 Å². The number of rotatable bonds is 7. The Kier molecular flexibility index (Phi) is 6.87.